The summed E-state index contributed by atoms with van der Waals surface area (Å²) in [6, 6.07) is 0. The summed E-state index contributed by atoms with van der Waals surface area (Å²) < 4.78 is 0. The summed E-state index contributed by atoms with van der Waals surface area (Å²) in [4.78, 5) is 16.0. The molecule has 1 rings (SSSR count). The van der Waals surface area contributed by atoms with Gasteiger partial charge >= 0.3 is 0 Å². The van der Waals surface area contributed by atoms with Crippen molar-refractivity contribution < 1.29 is 4.79 Å². The molecule has 1 aliphatic carbocycles. The molecule has 0 unspecified atom stereocenters. The van der Waals surface area contributed by atoms with Gasteiger partial charge < -0.3 is 14.6 Å². The molecule has 100 valence electrons. The van der Waals surface area contributed by atoms with Crippen LogP contribution in [0.2, 0.25) is 0 Å². The lowest BCUT2D eigenvalue weighted by Gasteiger charge is -2.32. The normalized spacial score (nSPS) is 20.5. The first-order valence-corrected chi connectivity index (χ1v) is 6.88. The molecule has 0 heterocycles. The maximum Gasteiger partial charge on any atom is 0.127 e. The molecule has 1 aliphatic rings. The zero-order valence-corrected chi connectivity index (χ0v) is 11.7. The number of carbonyl (C=O) groups excluding carboxylic acids is 1. The summed E-state index contributed by atoms with van der Waals surface area (Å²) in [5.74, 6) is 0. The van der Waals surface area contributed by atoms with Crippen LogP contribution in [0.5, 0.6) is 0 Å². The zero-order chi connectivity index (χ0) is 12.7. The largest absolute Gasteiger partial charge is 0.308 e. The summed E-state index contributed by atoms with van der Waals surface area (Å²) >= 11 is 0. The van der Waals surface area contributed by atoms with E-state index in [4.69, 9.17) is 0 Å². The number of carbonyl (C=O) groups is 1. The van der Waals surface area contributed by atoms with Gasteiger partial charge in [-0.25, -0.2) is 0 Å². The van der Waals surface area contributed by atoms with Crippen molar-refractivity contribution in [3.05, 3.63) is 0 Å². The molecule has 0 amide bonds. The third-order valence-electron chi connectivity index (χ3n) is 3.86. The molecule has 1 saturated carbocycles. The molecular weight excluding hydrogens is 212 g/mol. The predicted molar refractivity (Wildman–Crippen MR) is 72.3 cm³/mol. The van der Waals surface area contributed by atoms with Gasteiger partial charge in [0.1, 0.15) is 6.29 Å². The number of likely N-dealkylation sites (N-methyl/N-ethyl adjacent to an activating group) is 2. The summed E-state index contributed by atoms with van der Waals surface area (Å²) in [5, 5.41) is 0. The third kappa shape index (κ3) is 5.17. The second-order valence-corrected chi connectivity index (χ2v) is 5.94. The Morgan fingerprint density at radius 2 is 1.59 bits per heavy atom. The van der Waals surface area contributed by atoms with Crippen molar-refractivity contribution in [3.8, 4) is 0 Å². The Morgan fingerprint density at radius 3 is 2.06 bits per heavy atom. The van der Waals surface area contributed by atoms with E-state index in [9.17, 15) is 4.79 Å². The Hall–Kier alpha value is -0.410. The topological polar surface area (TPSA) is 23.6 Å². The Balaban J connectivity index is 2.45. The van der Waals surface area contributed by atoms with E-state index < -0.39 is 0 Å². The fourth-order valence-corrected chi connectivity index (χ4v) is 2.73. The smallest absolute Gasteiger partial charge is 0.127 e. The van der Waals surface area contributed by atoms with Gasteiger partial charge in [-0.05, 0) is 34.0 Å². The second-order valence-electron chi connectivity index (χ2n) is 5.94. The molecule has 0 N–H and O–H groups in total. The Labute approximate surface area is 106 Å². The van der Waals surface area contributed by atoms with Crippen LogP contribution in [-0.4, -0.2) is 56.9 Å². The van der Waals surface area contributed by atoms with E-state index >= 15 is 0 Å². The quantitative estimate of drug-likeness (QED) is 0.524. The van der Waals surface area contributed by atoms with E-state index in [0.29, 0.717) is 0 Å². The van der Waals surface area contributed by atoms with E-state index in [1.54, 1.807) is 0 Å². The molecule has 0 saturated heterocycles. The van der Waals surface area contributed by atoms with E-state index in [1.165, 1.54) is 32.0 Å². The van der Waals surface area contributed by atoms with Gasteiger partial charge in [-0.15, -0.1) is 0 Å². The maximum absolute atomic E-state index is 11.5. The van der Waals surface area contributed by atoms with Gasteiger partial charge in [-0.2, -0.15) is 0 Å². The molecular formula is C14H28N2O. The predicted octanol–water partition coefficient (Wildman–Crippen LogP) is 2.02. The van der Waals surface area contributed by atoms with Gasteiger partial charge in [0.25, 0.3) is 0 Å². The number of rotatable bonds is 6. The molecule has 0 aromatic carbocycles. The minimum Gasteiger partial charge on any atom is -0.308 e. The first-order valence-electron chi connectivity index (χ1n) is 6.88. The molecule has 0 bridgehead atoms. The van der Waals surface area contributed by atoms with E-state index in [0.717, 1.165) is 32.5 Å². The van der Waals surface area contributed by atoms with Crippen LogP contribution in [-0.2, 0) is 4.79 Å². The molecule has 0 aromatic rings. The van der Waals surface area contributed by atoms with Crippen LogP contribution < -0.4 is 0 Å². The standard InChI is InChI=1S/C14H28N2O/c1-15(2)10-11-16(3)12-14(13-17)8-6-4-5-7-9-14/h13H,4-12H2,1-3H3. The van der Waals surface area contributed by atoms with Gasteiger partial charge in [-0.3, -0.25) is 0 Å². The highest BCUT2D eigenvalue weighted by Crippen LogP contribution is 2.33. The maximum atomic E-state index is 11.5. The lowest BCUT2D eigenvalue weighted by Crippen LogP contribution is -2.39. The first kappa shape index (κ1) is 14.7. The van der Waals surface area contributed by atoms with Crippen LogP contribution in [0.15, 0.2) is 0 Å². The Bertz CT molecular complexity index is 220. The van der Waals surface area contributed by atoms with Crippen LogP contribution in [0, 0.1) is 5.41 Å². The molecule has 1 fully saturated rings. The van der Waals surface area contributed by atoms with Gasteiger partial charge in [0.2, 0.25) is 0 Å². The summed E-state index contributed by atoms with van der Waals surface area (Å²) in [6.07, 6.45) is 8.46. The third-order valence-corrected chi connectivity index (χ3v) is 3.86. The van der Waals surface area contributed by atoms with Gasteiger partial charge in [0.15, 0.2) is 0 Å². The van der Waals surface area contributed by atoms with Crippen molar-refractivity contribution in [3.63, 3.8) is 0 Å². The van der Waals surface area contributed by atoms with Crippen molar-refractivity contribution in [2.24, 2.45) is 5.41 Å². The molecule has 0 spiro atoms. The number of hydrogen-bond donors (Lipinski definition) is 0. The van der Waals surface area contributed by atoms with Gasteiger partial charge in [0, 0.05) is 25.0 Å². The molecule has 0 aromatic heterocycles. The number of hydrogen-bond acceptors (Lipinski definition) is 3. The Morgan fingerprint density at radius 1 is 1.00 bits per heavy atom. The van der Waals surface area contributed by atoms with Crippen LogP contribution in [0.3, 0.4) is 0 Å². The van der Waals surface area contributed by atoms with Crippen molar-refractivity contribution in [2.75, 3.05) is 40.8 Å². The van der Waals surface area contributed by atoms with E-state index in [1.807, 2.05) is 0 Å². The summed E-state index contributed by atoms with van der Waals surface area (Å²) in [6.45, 7) is 3.04. The van der Waals surface area contributed by atoms with Gasteiger partial charge in [0.05, 0.1) is 0 Å². The summed E-state index contributed by atoms with van der Waals surface area (Å²) in [7, 11) is 6.32. The fourth-order valence-electron chi connectivity index (χ4n) is 2.73. The van der Waals surface area contributed by atoms with Crippen LogP contribution in [0.25, 0.3) is 0 Å². The fraction of sp³-hybridized carbons (Fsp3) is 0.929. The zero-order valence-electron chi connectivity index (χ0n) is 11.7. The van der Waals surface area contributed by atoms with Crippen LogP contribution >= 0.6 is 0 Å². The molecule has 0 aliphatic heterocycles. The molecule has 0 atom stereocenters. The van der Waals surface area contributed by atoms with Crippen LogP contribution in [0.1, 0.15) is 38.5 Å². The van der Waals surface area contributed by atoms with Crippen molar-refractivity contribution in [2.45, 2.75) is 38.5 Å². The van der Waals surface area contributed by atoms with Crippen LogP contribution in [0.4, 0.5) is 0 Å². The second kappa shape index (κ2) is 7.12. The number of nitrogens with zero attached hydrogens (tertiary/aromatic N) is 2. The molecule has 0 radical (unpaired) electrons. The summed E-state index contributed by atoms with van der Waals surface area (Å²) in [5.41, 5.74) is -0.0580. The highest BCUT2D eigenvalue weighted by Gasteiger charge is 2.31. The first-order chi connectivity index (χ1) is 8.08. The SMILES string of the molecule is CN(C)CCN(C)CC1(C=O)CCCCCC1. The van der Waals surface area contributed by atoms with Crippen molar-refractivity contribution in [1.29, 1.82) is 0 Å². The van der Waals surface area contributed by atoms with Crippen molar-refractivity contribution in [1.82, 2.24) is 9.80 Å². The van der Waals surface area contributed by atoms with Crippen molar-refractivity contribution >= 4 is 6.29 Å². The van der Waals surface area contributed by atoms with Gasteiger partial charge in [-0.1, -0.05) is 25.7 Å². The molecule has 3 nitrogen and oxygen atoms in total. The minimum atomic E-state index is -0.0580. The van der Waals surface area contributed by atoms with E-state index in [-0.39, 0.29) is 5.41 Å². The minimum absolute atomic E-state index is 0.0580. The molecule has 17 heavy (non-hydrogen) atoms. The number of aldehydes is 1. The average molecular weight is 240 g/mol. The molecule has 3 heteroatoms. The lowest BCUT2D eigenvalue weighted by molar-refractivity contribution is -0.117. The van der Waals surface area contributed by atoms with E-state index in [2.05, 4.69) is 30.9 Å². The Kier molecular flexibility index (Phi) is 6.14. The highest BCUT2D eigenvalue weighted by atomic mass is 16.1. The monoisotopic (exact) mass is 240 g/mol. The highest BCUT2D eigenvalue weighted by molar-refractivity contribution is 5.59. The average Bonchev–Trinajstić information content (AvgIpc) is 2.53. The lowest BCUT2D eigenvalue weighted by atomic mass is 9.81.